The summed E-state index contributed by atoms with van der Waals surface area (Å²) in [7, 11) is 1.71. The maximum absolute atomic E-state index is 13.2. The minimum atomic E-state index is -0.293. The number of nitrogens with zero attached hydrogens (tertiary/aromatic N) is 1. The number of guanidine groups is 1. The van der Waals surface area contributed by atoms with Crippen molar-refractivity contribution in [2.75, 3.05) is 18.9 Å². The van der Waals surface area contributed by atoms with Crippen LogP contribution in [0.5, 0.6) is 0 Å². The molecule has 30 heavy (non-hydrogen) atoms. The van der Waals surface area contributed by atoms with Crippen molar-refractivity contribution < 1.29 is 13.6 Å². The van der Waals surface area contributed by atoms with Crippen LogP contribution in [0.15, 0.2) is 70.3 Å². The fourth-order valence-corrected chi connectivity index (χ4v) is 3.02. The van der Waals surface area contributed by atoms with Gasteiger partial charge in [-0.05, 0) is 66.4 Å². The zero-order chi connectivity index (χ0) is 21.3. The Morgan fingerprint density at radius 1 is 1.10 bits per heavy atom. The van der Waals surface area contributed by atoms with Crippen LogP contribution in [0.3, 0.4) is 0 Å². The van der Waals surface area contributed by atoms with Crippen molar-refractivity contribution in [3.63, 3.8) is 0 Å². The molecule has 0 aliphatic carbocycles. The lowest BCUT2D eigenvalue weighted by molar-refractivity contribution is 0.0996. The van der Waals surface area contributed by atoms with E-state index < -0.39 is 0 Å². The summed E-state index contributed by atoms with van der Waals surface area (Å²) in [4.78, 5) is 16.3. The molecule has 3 rings (SSSR count). The van der Waals surface area contributed by atoms with Gasteiger partial charge in [0, 0.05) is 25.8 Å². The number of rotatable bonds is 7. The molecule has 156 valence electrons. The maximum atomic E-state index is 13.2. The molecule has 0 aliphatic heterocycles. The van der Waals surface area contributed by atoms with Crippen LogP contribution in [0.1, 0.15) is 27.2 Å². The molecule has 0 aliphatic rings. The van der Waals surface area contributed by atoms with E-state index >= 15 is 0 Å². The van der Waals surface area contributed by atoms with Gasteiger partial charge in [0.25, 0.3) is 5.91 Å². The van der Waals surface area contributed by atoms with Crippen LogP contribution in [-0.2, 0) is 13.0 Å². The monoisotopic (exact) mass is 408 g/mol. The fraction of sp³-hybridized carbons (Fsp3) is 0.217. The number of nitrogens with one attached hydrogen (secondary N) is 3. The van der Waals surface area contributed by atoms with E-state index in [0.717, 1.165) is 23.1 Å². The summed E-state index contributed by atoms with van der Waals surface area (Å²) >= 11 is 0. The van der Waals surface area contributed by atoms with Gasteiger partial charge in [-0.25, -0.2) is 4.39 Å². The van der Waals surface area contributed by atoms with E-state index in [1.54, 1.807) is 25.2 Å². The first-order chi connectivity index (χ1) is 14.5. The molecule has 0 fully saturated rings. The van der Waals surface area contributed by atoms with E-state index in [9.17, 15) is 9.18 Å². The molecule has 0 saturated carbocycles. The second kappa shape index (κ2) is 10.2. The Morgan fingerprint density at radius 3 is 2.70 bits per heavy atom. The Hall–Kier alpha value is -3.61. The first kappa shape index (κ1) is 21.1. The maximum Gasteiger partial charge on any atom is 0.291 e. The summed E-state index contributed by atoms with van der Waals surface area (Å²) in [5.74, 6) is 0.419. The summed E-state index contributed by atoms with van der Waals surface area (Å²) in [6.07, 6.45) is 2.23. The summed E-state index contributed by atoms with van der Waals surface area (Å²) in [5.41, 5.74) is 3.71. The van der Waals surface area contributed by atoms with Crippen molar-refractivity contribution >= 4 is 17.6 Å². The van der Waals surface area contributed by atoms with Crippen LogP contribution in [-0.4, -0.2) is 25.5 Å². The number of benzene rings is 2. The summed E-state index contributed by atoms with van der Waals surface area (Å²) in [6.45, 7) is 3.12. The van der Waals surface area contributed by atoms with Crippen molar-refractivity contribution in [1.82, 2.24) is 10.6 Å². The molecule has 0 atom stereocenters. The van der Waals surface area contributed by atoms with E-state index in [1.807, 2.05) is 37.3 Å². The molecule has 0 saturated heterocycles. The van der Waals surface area contributed by atoms with Gasteiger partial charge >= 0.3 is 0 Å². The predicted molar refractivity (Wildman–Crippen MR) is 116 cm³/mol. The SMILES string of the molecule is CN=C(NCCc1ccc(F)cc1C)NCc1cccc(NC(=O)c2ccco2)c1. The molecule has 0 spiro atoms. The Morgan fingerprint density at radius 2 is 1.97 bits per heavy atom. The van der Waals surface area contributed by atoms with Gasteiger partial charge in [0.1, 0.15) is 5.82 Å². The molecule has 0 unspecified atom stereocenters. The van der Waals surface area contributed by atoms with Crippen molar-refractivity contribution in [2.45, 2.75) is 19.9 Å². The van der Waals surface area contributed by atoms with E-state index in [1.165, 1.54) is 12.3 Å². The number of carbonyl (C=O) groups is 1. The van der Waals surface area contributed by atoms with Crippen LogP contribution < -0.4 is 16.0 Å². The van der Waals surface area contributed by atoms with Crippen LogP contribution in [0.25, 0.3) is 0 Å². The number of halogens is 1. The number of aliphatic imine (C=N–C) groups is 1. The molecule has 1 amide bonds. The third kappa shape index (κ3) is 5.94. The molecule has 2 aromatic carbocycles. The molecule has 6 nitrogen and oxygen atoms in total. The zero-order valence-electron chi connectivity index (χ0n) is 17.0. The second-order valence-electron chi connectivity index (χ2n) is 6.81. The number of aryl methyl sites for hydroxylation is 1. The second-order valence-corrected chi connectivity index (χ2v) is 6.81. The molecule has 1 aromatic heterocycles. The lowest BCUT2D eigenvalue weighted by Crippen LogP contribution is -2.37. The Labute approximate surface area is 175 Å². The number of amides is 1. The van der Waals surface area contributed by atoms with E-state index in [2.05, 4.69) is 20.9 Å². The van der Waals surface area contributed by atoms with Gasteiger partial charge < -0.3 is 20.4 Å². The minimum absolute atomic E-state index is 0.218. The topological polar surface area (TPSA) is 78.7 Å². The van der Waals surface area contributed by atoms with Crippen LogP contribution >= 0.6 is 0 Å². The molecule has 0 bridgehead atoms. The summed E-state index contributed by atoms with van der Waals surface area (Å²) in [5, 5.41) is 9.32. The van der Waals surface area contributed by atoms with Gasteiger partial charge in [0.15, 0.2) is 11.7 Å². The first-order valence-corrected chi connectivity index (χ1v) is 9.68. The number of anilines is 1. The molecule has 3 aromatic rings. The Kier molecular flexibility index (Phi) is 7.21. The van der Waals surface area contributed by atoms with E-state index in [-0.39, 0.29) is 17.5 Å². The molecule has 1 heterocycles. The molecule has 0 radical (unpaired) electrons. The van der Waals surface area contributed by atoms with Gasteiger partial charge in [0.05, 0.1) is 6.26 Å². The number of furan rings is 1. The molecular weight excluding hydrogens is 383 g/mol. The lowest BCUT2D eigenvalue weighted by Gasteiger charge is -2.13. The lowest BCUT2D eigenvalue weighted by atomic mass is 10.1. The minimum Gasteiger partial charge on any atom is -0.459 e. The normalized spacial score (nSPS) is 11.2. The number of hydrogen-bond acceptors (Lipinski definition) is 3. The van der Waals surface area contributed by atoms with Crippen molar-refractivity contribution in [2.24, 2.45) is 4.99 Å². The standard InChI is InChI=1S/C23H25FN4O2/c1-16-13-19(24)9-8-18(16)10-11-26-23(25-2)27-15-17-5-3-6-20(14-17)28-22(29)21-7-4-12-30-21/h3-9,12-14H,10-11,15H2,1-2H3,(H,28,29)(H2,25,26,27). The van der Waals surface area contributed by atoms with Gasteiger partial charge in [-0.2, -0.15) is 0 Å². The molecule has 3 N–H and O–H groups in total. The average Bonchev–Trinajstić information content (AvgIpc) is 3.27. The largest absolute Gasteiger partial charge is 0.459 e. The number of hydrogen-bond donors (Lipinski definition) is 3. The highest BCUT2D eigenvalue weighted by atomic mass is 19.1. The fourth-order valence-electron chi connectivity index (χ4n) is 3.02. The summed E-state index contributed by atoms with van der Waals surface area (Å²) < 4.78 is 18.3. The quantitative estimate of drug-likeness (QED) is 0.409. The molecular formula is C23H25FN4O2. The number of carbonyl (C=O) groups excluding carboxylic acids is 1. The van der Waals surface area contributed by atoms with Crippen molar-refractivity contribution in [1.29, 1.82) is 0 Å². The zero-order valence-corrected chi connectivity index (χ0v) is 17.0. The molecule has 7 heteroatoms. The highest BCUT2D eigenvalue weighted by Crippen LogP contribution is 2.13. The van der Waals surface area contributed by atoms with Gasteiger partial charge in [-0.3, -0.25) is 9.79 Å². The van der Waals surface area contributed by atoms with Gasteiger partial charge in [-0.15, -0.1) is 0 Å². The third-order valence-electron chi connectivity index (χ3n) is 4.60. The first-order valence-electron chi connectivity index (χ1n) is 9.68. The third-order valence-corrected chi connectivity index (χ3v) is 4.60. The predicted octanol–water partition coefficient (Wildman–Crippen LogP) is 3.89. The van der Waals surface area contributed by atoms with Crippen molar-refractivity contribution in [3.8, 4) is 0 Å². The average molecular weight is 408 g/mol. The van der Waals surface area contributed by atoms with Crippen molar-refractivity contribution in [3.05, 3.63) is 89.1 Å². The Balaban J connectivity index is 1.49. The Bertz CT molecular complexity index is 1020. The van der Waals surface area contributed by atoms with Crippen LogP contribution in [0.2, 0.25) is 0 Å². The van der Waals surface area contributed by atoms with E-state index in [0.29, 0.717) is 24.7 Å². The van der Waals surface area contributed by atoms with Crippen LogP contribution in [0.4, 0.5) is 10.1 Å². The van der Waals surface area contributed by atoms with E-state index in [4.69, 9.17) is 4.42 Å². The summed E-state index contributed by atoms with van der Waals surface area (Å²) in [6, 6.07) is 15.7. The highest BCUT2D eigenvalue weighted by Gasteiger charge is 2.09. The smallest absolute Gasteiger partial charge is 0.291 e. The van der Waals surface area contributed by atoms with Gasteiger partial charge in [0.2, 0.25) is 0 Å². The van der Waals surface area contributed by atoms with Gasteiger partial charge in [-0.1, -0.05) is 18.2 Å². The highest BCUT2D eigenvalue weighted by molar-refractivity contribution is 6.02. The van der Waals surface area contributed by atoms with Crippen LogP contribution in [0, 0.1) is 12.7 Å².